The summed E-state index contributed by atoms with van der Waals surface area (Å²) >= 11 is 0. The zero-order valence-electron chi connectivity index (χ0n) is 17.5. The van der Waals surface area contributed by atoms with Crippen LogP contribution in [0.4, 0.5) is 0 Å². The molecule has 1 amide bonds. The second-order valence-electron chi connectivity index (χ2n) is 8.07. The molecule has 4 rings (SSSR count). The van der Waals surface area contributed by atoms with E-state index in [1.807, 2.05) is 49.4 Å². The molecule has 2 aromatic carbocycles. The summed E-state index contributed by atoms with van der Waals surface area (Å²) < 4.78 is 5.15. The second-order valence-corrected chi connectivity index (χ2v) is 8.07. The number of aryl methyl sites for hydroxylation is 2. The van der Waals surface area contributed by atoms with E-state index in [-0.39, 0.29) is 24.5 Å². The Kier molecular flexibility index (Phi) is 5.43. The third-order valence-electron chi connectivity index (χ3n) is 5.90. The van der Waals surface area contributed by atoms with Gasteiger partial charge in [0.1, 0.15) is 0 Å². The first kappa shape index (κ1) is 20.3. The second kappa shape index (κ2) is 8.03. The molecule has 0 radical (unpaired) electrons. The molecule has 1 aliphatic heterocycles. The number of hydrazone groups is 1. The summed E-state index contributed by atoms with van der Waals surface area (Å²) in [6.45, 7) is 4.86. The Hall–Kier alpha value is -2.99. The van der Waals surface area contributed by atoms with E-state index in [4.69, 9.17) is 9.84 Å². The molecule has 156 valence electrons. The van der Waals surface area contributed by atoms with Crippen molar-refractivity contribution in [1.29, 1.82) is 0 Å². The molecule has 0 aromatic heterocycles. The molecular formula is C24H26N2O4. The van der Waals surface area contributed by atoms with Crippen LogP contribution >= 0.6 is 0 Å². The minimum Gasteiger partial charge on any atom is -0.453 e. The van der Waals surface area contributed by atoms with Crippen molar-refractivity contribution >= 4 is 17.6 Å². The molecule has 6 nitrogen and oxygen atoms in total. The molecule has 0 unspecified atom stereocenters. The van der Waals surface area contributed by atoms with Crippen molar-refractivity contribution in [3.05, 3.63) is 70.3 Å². The molecule has 6 heteroatoms. The van der Waals surface area contributed by atoms with Crippen molar-refractivity contribution in [2.45, 2.75) is 52.4 Å². The number of benzene rings is 2. The lowest BCUT2D eigenvalue weighted by atomic mass is 9.77. The molecule has 2 aliphatic rings. The lowest BCUT2D eigenvalue weighted by Crippen LogP contribution is -2.38. The Bertz CT molecular complexity index is 1010. The predicted molar refractivity (Wildman–Crippen MR) is 113 cm³/mol. The van der Waals surface area contributed by atoms with Gasteiger partial charge in [0.25, 0.3) is 5.91 Å². The van der Waals surface area contributed by atoms with Crippen LogP contribution in [0.5, 0.6) is 0 Å². The van der Waals surface area contributed by atoms with Gasteiger partial charge in [-0.05, 0) is 49.4 Å². The number of ether oxygens (including phenoxy) is 1. The van der Waals surface area contributed by atoms with Gasteiger partial charge in [0, 0.05) is 18.4 Å². The largest absolute Gasteiger partial charge is 0.453 e. The van der Waals surface area contributed by atoms with Gasteiger partial charge in [-0.2, -0.15) is 5.10 Å². The van der Waals surface area contributed by atoms with Crippen LogP contribution in [0.2, 0.25) is 0 Å². The molecule has 0 bridgehead atoms. The molecule has 30 heavy (non-hydrogen) atoms. The molecule has 0 fully saturated rings. The maximum Gasteiger partial charge on any atom is 0.303 e. The molecule has 3 atom stereocenters. The number of nitrogens with zero attached hydrogens (tertiary/aromatic N) is 2. The third kappa shape index (κ3) is 3.63. The molecule has 2 aromatic rings. The molecule has 1 heterocycles. The van der Waals surface area contributed by atoms with Gasteiger partial charge in [0.2, 0.25) is 0 Å². The van der Waals surface area contributed by atoms with E-state index < -0.39 is 12.1 Å². The molecule has 0 saturated heterocycles. The van der Waals surface area contributed by atoms with Crippen molar-refractivity contribution in [1.82, 2.24) is 5.01 Å². The van der Waals surface area contributed by atoms with Crippen LogP contribution in [-0.2, 0) is 27.4 Å². The first-order valence-corrected chi connectivity index (χ1v) is 10.3. The van der Waals surface area contributed by atoms with Crippen LogP contribution < -0.4 is 0 Å². The quantitative estimate of drug-likeness (QED) is 0.791. The fourth-order valence-corrected chi connectivity index (χ4v) is 4.42. The Labute approximate surface area is 176 Å². The number of esters is 1. The SMILES string of the molecule is CC(=O)O[C@@H](C)C(=O)N1N=C2c3cc(CO)ccc3CC[C@H]2[C@H]1c1ccc(C)cc1. The predicted octanol–water partition coefficient (Wildman–Crippen LogP) is 3.29. The number of aliphatic hydroxyl groups excluding tert-OH is 1. The smallest absolute Gasteiger partial charge is 0.303 e. The molecule has 1 aliphatic carbocycles. The van der Waals surface area contributed by atoms with Crippen LogP contribution in [0.3, 0.4) is 0 Å². The van der Waals surface area contributed by atoms with Crippen molar-refractivity contribution < 1.29 is 19.4 Å². The molecule has 1 N–H and O–H groups in total. The van der Waals surface area contributed by atoms with E-state index in [1.54, 1.807) is 6.92 Å². The Balaban J connectivity index is 1.78. The monoisotopic (exact) mass is 406 g/mol. The molecular weight excluding hydrogens is 380 g/mol. The van der Waals surface area contributed by atoms with E-state index in [0.29, 0.717) is 0 Å². The standard InChI is InChI=1S/C24H26N2O4/c1-14-4-7-19(8-5-14)23-20-11-10-18-9-6-17(13-27)12-21(18)22(20)25-26(23)24(29)15(2)30-16(3)28/h4-9,12,15,20,23,27H,10-11,13H2,1-3H3/t15-,20+,23+/m0/s1. The van der Waals surface area contributed by atoms with Gasteiger partial charge in [-0.3, -0.25) is 9.59 Å². The first-order chi connectivity index (χ1) is 14.4. The summed E-state index contributed by atoms with van der Waals surface area (Å²) in [4.78, 5) is 24.6. The summed E-state index contributed by atoms with van der Waals surface area (Å²) in [6, 6.07) is 13.8. The highest BCUT2D eigenvalue weighted by molar-refractivity contribution is 6.07. The fourth-order valence-electron chi connectivity index (χ4n) is 4.42. The highest BCUT2D eigenvalue weighted by Gasteiger charge is 2.45. The van der Waals surface area contributed by atoms with Crippen molar-refractivity contribution in [3.63, 3.8) is 0 Å². The fraction of sp³-hybridized carbons (Fsp3) is 0.375. The van der Waals surface area contributed by atoms with Gasteiger partial charge in [0.05, 0.1) is 18.4 Å². The number of aliphatic hydroxyl groups is 1. The van der Waals surface area contributed by atoms with Crippen LogP contribution in [0, 0.1) is 12.8 Å². The van der Waals surface area contributed by atoms with E-state index in [9.17, 15) is 14.7 Å². The van der Waals surface area contributed by atoms with Gasteiger partial charge in [-0.1, -0.05) is 42.0 Å². The number of hydrogen-bond acceptors (Lipinski definition) is 5. The van der Waals surface area contributed by atoms with Crippen molar-refractivity contribution in [3.8, 4) is 0 Å². The third-order valence-corrected chi connectivity index (χ3v) is 5.90. The number of amides is 1. The number of hydrogen-bond donors (Lipinski definition) is 1. The van der Waals surface area contributed by atoms with Crippen LogP contribution in [0.15, 0.2) is 47.6 Å². The van der Waals surface area contributed by atoms with Crippen LogP contribution in [0.25, 0.3) is 0 Å². The van der Waals surface area contributed by atoms with E-state index in [0.717, 1.165) is 40.8 Å². The van der Waals surface area contributed by atoms with Gasteiger partial charge >= 0.3 is 5.97 Å². The molecule has 0 spiro atoms. The normalized spacial score (nSPS) is 20.8. The Morgan fingerprint density at radius 1 is 1.23 bits per heavy atom. The van der Waals surface area contributed by atoms with Crippen molar-refractivity contribution in [2.24, 2.45) is 11.0 Å². The average Bonchev–Trinajstić information content (AvgIpc) is 3.12. The van der Waals surface area contributed by atoms with Gasteiger partial charge in [-0.15, -0.1) is 0 Å². The zero-order valence-corrected chi connectivity index (χ0v) is 17.5. The van der Waals surface area contributed by atoms with Gasteiger partial charge < -0.3 is 9.84 Å². The number of rotatable bonds is 4. The summed E-state index contributed by atoms with van der Waals surface area (Å²) in [5.41, 5.74) is 6.00. The first-order valence-electron chi connectivity index (χ1n) is 10.3. The topological polar surface area (TPSA) is 79.2 Å². The minimum absolute atomic E-state index is 0.0429. The summed E-state index contributed by atoms with van der Waals surface area (Å²) in [5, 5.41) is 15.8. The molecule has 0 saturated carbocycles. The maximum absolute atomic E-state index is 13.2. The highest BCUT2D eigenvalue weighted by atomic mass is 16.5. The van der Waals surface area contributed by atoms with E-state index >= 15 is 0 Å². The number of carbonyl (C=O) groups is 2. The van der Waals surface area contributed by atoms with E-state index in [2.05, 4.69) is 0 Å². The zero-order chi connectivity index (χ0) is 21.4. The summed E-state index contributed by atoms with van der Waals surface area (Å²) in [7, 11) is 0. The lowest BCUT2D eigenvalue weighted by Gasteiger charge is -2.30. The van der Waals surface area contributed by atoms with Gasteiger partial charge in [0.15, 0.2) is 6.10 Å². The lowest BCUT2D eigenvalue weighted by molar-refractivity contribution is -0.158. The summed E-state index contributed by atoms with van der Waals surface area (Å²) in [5.74, 6) is -0.787. The number of carbonyl (C=O) groups excluding carboxylic acids is 2. The minimum atomic E-state index is -0.914. The highest BCUT2D eigenvalue weighted by Crippen LogP contribution is 2.44. The average molecular weight is 406 g/mol. The van der Waals surface area contributed by atoms with Crippen LogP contribution in [-0.4, -0.2) is 33.8 Å². The van der Waals surface area contributed by atoms with Crippen LogP contribution in [0.1, 0.15) is 54.1 Å². The maximum atomic E-state index is 13.2. The Morgan fingerprint density at radius 2 is 1.97 bits per heavy atom. The summed E-state index contributed by atoms with van der Waals surface area (Å²) in [6.07, 6.45) is 0.839. The van der Waals surface area contributed by atoms with E-state index in [1.165, 1.54) is 17.5 Å². The number of fused-ring (bicyclic) bond motifs is 3. The van der Waals surface area contributed by atoms with Crippen molar-refractivity contribution in [2.75, 3.05) is 0 Å². The van der Waals surface area contributed by atoms with Gasteiger partial charge in [-0.25, -0.2) is 5.01 Å². The Morgan fingerprint density at radius 3 is 2.63 bits per heavy atom.